The first-order chi connectivity index (χ1) is 13.9. The summed E-state index contributed by atoms with van der Waals surface area (Å²) in [5, 5.41) is 6.75. The van der Waals surface area contributed by atoms with E-state index in [0.717, 1.165) is 57.6 Å². The molecule has 2 N–H and O–H groups in total. The largest absolute Gasteiger partial charge is 0.378 e. The summed E-state index contributed by atoms with van der Waals surface area (Å²) in [6.45, 7) is 4.30. The molecule has 0 radical (unpaired) electrons. The number of amides is 1. The molecule has 1 saturated carbocycles. The van der Waals surface area contributed by atoms with E-state index in [1.54, 1.807) is 4.90 Å². The molecule has 6 nitrogen and oxygen atoms in total. The van der Waals surface area contributed by atoms with Crippen LogP contribution >= 0.6 is 0 Å². The molecule has 0 heterocycles. The third-order valence-electron chi connectivity index (χ3n) is 5.69. The van der Waals surface area contributed by atoms with Gasteiger partial charge in [-0.25, -0.2) is 0 Å². The van der Waals surface area contributed by atoms with Crippen LogP contribution in [0.3, 0.4) is 0 Å². The minimum atomic E-state index is -0.319. The summed E-state index contributed by atoms with van der Waals surface area (Å²) in [7, 11) is 7.81. The lowest BCUT2D eigenvalue weighted by atomic mass is 9.85. The quantitative estimate of drug-likeness (QED) is 0.379. The predicted octanol–water partition coefficient (Wildman–Crippen LogP) is 2.89. The number of hydrogen-bond acceptors (Lipinski definition) is 3. The van der Waals surface area contributed by atoms with Crippen LogP contribution in [0.15, 0.2) is 29.3 Å². The summed E-state index contributed by atoms with van der Waals surface area (Å²) in [5.41, 5.74) is 2.25. The zero-order valence-electron chi connectivity index (χ0n) is 18.9. The second kappa shape index (κ2) is 11.1. The highest BCUT2D eigenvalue weighted by molar-refractivity contribution is 5.84. The SMILES string of the molecule is CCNC(=NCC1(C(=O)N(C)C)CCCC1)NCCCc1ccc(N(C)C)cc1. The smallest absolute Gasteiger partial charge is 0.230 e. The molecule has 1 aromatic rings. The molecule has 1 aliphatic carbocycles. The monoisotopic (exact) mass is 401 g/mol. The molecule has 1 aromatic carbocycles. The second-order valence-electron chi connectivity index (χ2n) is 8.47. The van der Waals surface area contributed by atoms with Crippen molar-refractivity contribution in [3.63, 3.8) is 0 Å². The van der Waals surface area contributed by atoms with E-state index in [0.29, 0.717) is 6.54 Å². The van der Waals surface area contributed by atoms with E-state index in [1.807, 2.05) is 14.1 Å². The average molecular weight is 402 g/mol. The normalized spacial score (nSPS) is 15.8. The molecule has 0 spiro atoms. The highest BCUT2D eigenvalue weighted by atomic mass is 16.2. The Morgan fingerprint density at radius 3 is 2.28 bits per heavy atom. The summed E-state index contributed by atoms with van der Waals surface area (Å²) in [4.78, 5) is 21.4. The maximum absolute atomic E-state index is 12.7. The number of anilines is 1. The standard InChI is InChI=1S/C23H39N5O/c1-6-24-22(26-18-23(15-7-8-16-23)21(29)28(4)5)25-17-9-10-19-11-13-20(14-12-19)27(2)3/h11-14H,6-10,15-18H2,1-5H3,(H2,24,25,26). The number of hydrogen-bond donors (Lipinski definition) is 2. The number of benzene rings is 1. The Labute approximate surface area is 176 Å². The first-order valence-corrected chi connectivity index (χ1v) is 10.9. The fourth-order valence-electron chi connectivity index (χ4n) is 4.00. The van der Waals surface area contributed by atoms with Crippen LogP contribution in [-0.2, 0) is 11.2 Å². The molecule has 6 heteroatoms. The van der Waals surface area contributed by atoms with Crippen molar-refractivity contribution in [3.8, 4) is 0 Å². The lowest BCUT2D eigenvalue weighted by molar-refractivity contribution is -0.138. The van der Waals surface area contributed by atoms with E-state index in [-0.39, 0.29) is 11.3 Å². The second-order valence-corrected chi connectivity index (χ2v) is 8.47. The number of aryl methyl sites for hydroxylation is 1. The van der Waals surface area contributed by atoms with Crippen LogP contribution in [0, 0.1) is 5.41 Å². The van der Waals surface area contributed by atoms with E-state index in [2.05, 4.69) is 60.8 Å². The fraction of sp³-hybridized carbons (Fsp3) is 0.652. The average Bonchev–Trinajstić information content (AvgIpc) is 3.19. The number of nitrogens with one attached hydrogen (secondary N) is 2. The van der Waals surface area contributed by atoms with Crippen LogP contribution in [-0.4, -0.2) is 64.6 Å². The van der Waals surface area contributed by atoms with Gasteiger partial charge in [0.2, 0.25) is 5.91 Å². The van der Waals surface area contributed by atoms with Crippen molar-refractivity contribution < 1.29 is 4.79 Å². The topological polar surface area (TPSA) is 60.0 Å². The van der Waals surface area contributed by atoms with Crippen LogP contribution in [0.5, 0.6) is 0 Å². The van der Waals surface area contributed by atoms with E-state index < -0.39 is 0 Å². The molecule has 0 saturated heterocycles. The molecule has 29 heavy (non-hydrogen) atoms. The Kier molecular flexibility index (Phi) is 8.80. The number of guanidine groups is 1. The summed E-state index contributed by atoms with van der Waals surface area (Å²) < 4.78 is 0. The molecule has 0 aliphatic heterocycles. The van der Waals surface area contributed by atoms with Crippen molar-refractivity contribution >= 4 is 17.6 Å². The minimum Gasteiger partial charge on any atom is -0.378 e. The van der Waals surface area contributed by atoms with Gasteiger partial charge in [0.25, 0.3) is 0 Å². The minimum absolute atomic E-state index is 0.218. The Balaban J connectivity index is 1.87. The van der Waals surface area contributed by atoms with Crippen molar-refractivity contribution in [3.05, 3.63) is 29.8 Å². The highest BCUT2D eigenvalue weighted by Crippen LogP contribution is 2.39. The van der Waals surface area contributed by atoms with Gasteiger partial charge < -0.3 is 20.4 Å². The molecule has 162 valence electrons. The van der Waals surface area contributed by atoms with Gasteiger partial charge in [0.1, 0.15) is 0 Å². The Bertz CT molecular complexity index is 660. The van der Waals surface area contributed by atoms with Crippen LogP contribution in [0.4, 0.5) is 5.69 Å². The molecule has 0 atom stereocenters. The lowest BCUT2D eigenvalue weighted by Crippen LogP contribution is -2.43. The van der Waals surface area contributed by atoms with Crippen molar-refractivity contribution in [1.29, 1.82) is 0 Å². The molecule has 0 unspecified atom stereocenters. The van der Waals surface area contributed by atoms with E-state index in [1.165, 1.54) is 11.3 Å². The van der Waals surface area contributed by atoms with Gasteiger partial charge in [0, 0.05) is 47.0 Å². The van der Waals surface area contributed by atoms with Crippen molar-refractivity contribution in [2.75, 3.05) is 52.7 Å². The maximum Gasteiger partial charge on any atom is 0.230 e. The molecule has 1 aliphatic rings. The van der Waals surface area contributed by atoms with E-state index in [9.17, 15) is 4.79 Å². The van der Waals surface area contributed by atoms with Crippen LogP contribution in [0.25, 0.3) is 0 Å². The summed E-state index contributed by atoms with van der Waals surface area (Å²) >= 11 is 0. The third-order valence-corrected chi connectivity index (χ3v) is 5.69. The first-order valence-electron chi connectivity index (χ1n) is 10.9. The van der Waals surface area contributed by atoms with Crippen molar-refractivity contribution in [1.82, 2.24) is 15.5 Å². The summed E-state index contributed by atoms with van der Waals surface area (Å²) in [5.74, 6) is 1.03. The van der Waals surface area contributed by atoms with Crippen molar-refractivity contribution in [2.24, 2.45) is 10.4 Å². The molecule has 0 aromatic heterocycles. The van der Waals surface area contributed by atoms with Gasteiger partial charge in [-0.3, -0.25) is 9.79 Å². The number of nitrogens with zero attached hydrogens (tertiary/aromatic N) is 3. The van der Waals surface area contributed by atoms with Gasteiger partial charge in [-0.1, -0.05) is 25.0 Å². The fourth-order valence-corrected chi connectivity index (χ4v) is 4.00. The molecule has 1 amide bonds. The third kappa shape index (κ3) is 6.65. The highest BCUT2D eigenvalue weighted by Gasteiger charge is 2.42. The maximum atomic E-state index is 12.7. The summed E-state index contributed by atoms with van der Waals surface area (Å²) in [6, 6.07) is 8.73. The van der Waals surface area contributed by atoms with Crippen LogP contribution < -0.4 is 15.5 Å². The molecule has 1 fully saturated rings. The van der Waals surface area contributed by atoms with E-state index in [4.69, 9.17) is 4.99 Å². The summed E-state index contributed by atoms with van der Waals surface area (Å²) in [6.07, 6.45) is 6.18. The zero-order chi connectivity index (χ0) is 21.3. The Morgan fingerprint density at radius 1 is 1.07 bits per heavy atom. The van der Waals surface area contributed by atoms with Gasteiger partial charge in [-0.2, -0.15) is 0 Å². The number of carbonyl (C=O) groups excluding carboxylic acids is 1. The lowest BCUT2D eigenvalue weighted by Gasteiger charge is -2.29. The van der Waals surface area contributed by atoms with Crippen LogP contribution in [0.2, 0.25) is 0 Å². The van der Waals surface area contributed by atoms with Gasteiger partial charge in [0.15, 0.2) is 5.96 Å². The molecular formula is C23H39N5O. The van der Waals surface area contributed by atoms with Gasteiger partial charge >= 0.3 is 0 Å². The number of rotatable bonds is 9. The molecule has 2 rings (SSSR count). The van der Waals surface area contributed by atoms with Gasteiger partial charge in [-0.15, -0.1) is 0 Å². The first kappa shape index (κ1) is 23.0. The van der Waals surface area contributed by atoms with Crippen LogP contribution in [0.1, 0.15) is 44.6 Å². The predicted molar refractivity (Wildman–Crippen MR) is 123 cm³/mol. The van der Waals surface area contributed by atoms with E-state index >= 15 is 0 Å². The van der Waals surface area contributed by atoms with Crippen molar-refractivity contribution in [2.45, 2.75) is 45.4 Å². The van der Waals surface area contributed by atoms with Gasteiger partial charge in [0.05, 0.1) is 12.0 Å². The molecular weight excluding hydrogens is 362 g/mol. The number of carbonyl (C=O) groups is 1. The molecule has 0 bridgehead atoms. The Morgan fingerprint density at radius 2 is 1.72 bits per heavy atom. The zero-order valence-corrected chi connectivity index (χ0v) is 18.9. The van der Waals surface area contributed by atoms with Gasteiger partial charge in [-0.05, 0) is 50.3 Å². The Hall–Kier alpha value is -2.24. The number of aliphatic imine (C=N–C) groups is 1.